The lowest BCUT2D eigenvalue weighted by atomic mass is 10.2. The number of rotatable bonds is 3. The van der Waals surface area contributed by atoms with Crippen molar-refractivity contribution in [2.45, 2.75) is 10.1 Å². The predicted molar refractivity (Wildman–Crippen MR) is 83.7 cm³/mol. The molecule has 2 heterocycles. The lowest BCUT2D eigenvalue weighted by Crippen LogP contribution is -2.16. The number of nitrogens with zero attached hydrogens (tertiary/aromatic N) is 2. The van der Waals surface area contributed by atoms with Crippen LogP contribution in [0.25, 0.3) is 0 Å². The number of benzene rings is 1. The maximum Gasteiger partial charge on any atom is 0.278 e. The Kier molecular flexibility index (Phi) is 4.07. The number of thioether (sulfide) groups is 1. The third-order valence-corrected chi connectivity index (χ3v) is 4.67. The first-order valence-corrected chi connectivity index (χ1v) is 7.62. The molecule has 5 nitrogen and oxygen atoms in total. The summed E-state index contributed by atoms with van der Waals surface area (Å²) in [6.07, 6.45) is 1.72. The molecule has 0 amide bonds. The first-order chi connectivity index (χ1) is 10.2. The van der Waals surface area contributed by atoms with Gasteiger partial charge >= 0.3 is 0 Å². The predicted octanol–water partition coefficient (Wildman–Crippen LogP) is 3.41. The van der Waals surface area contributed by atoms with Crippen LogP contribution in [-0.2, 0) is 0 Å². The fourth-order valence-electron chi connectivity index (χ4n) is 2.11. The molecular weight excluding hydrogens is 310 g/mol. The molecule has 0 aliphatic carbocycles. The molecule has 21 heavy (non-hydrogen) atoms. The van der Waals surface area contributed by atoms with E-state index in [1.807, 2.05) is 18.2 Å². The number of ether oxygens (including phenoxy) is 2. The van der Waals surface area contributed by atoms with Crippen molar-refractivity contribution in [3.05, 3.63) is 35.1 Å². The summed E-state index contributed by atoms with van der Waals surface area (Å²) in [7, 11) is 3.10. The Hall–Kier alpha value is -1.66. The first kappa shape index (κ1) is 14.3. The van der Waals surface area contributed by atoms with Gasteiger partial charge in [0.2, 0.25) is 0 Å². The van der Waals surface area contributed by atoms with Crippen LogP contribution < -0.4 is 14.8 Å². The van der Waals surface area contributed by atoms with Crippen LogP contribution in [0.2, 0.25) is 5.02 Å². The molecule has 0 radical (unpaired) electrons. The van der Waals surface area contributed by atoms with E-state index in [4.69, 9.17) is 21.1 Å². The summed E-state index contributed by atoms with van der Waals surface area (Å²) in [4.78, 5) is 9.87. The van der Waals surface area contributed by atoms with E-state index in [1.165, 1.54) is 0 Å². The molecule has 1 aromatic carbocycles. The van der Waals surface area contributed by atoms with Gasteiger partial charge in [-0.3, -0.25) is 0 Å². The Labute approximate surface area is 132 Å². The summed E-state index contributed by atoms with van der Waals surface area (Å²) in [5, 5.41) is 4.26. The molecule has 0 fully saturated rings. The van der Waals surface area contributed by atoms with Gasteiger partial charge in [-0.05, 0) is 18.2 Å². The molecule has 1 aromatic heterocycles. The van der Waals surface area contributed by atoms with Gasteiger partial charge in [-0.25, -0.2) is 9.97 Å². The smallest absolute Gasteiger partial charge is 0.278 e. The minimum atomic E-state index is 0.158. The molecule has 1 atom stereocenters. The third-order valence-electron chi connectivity index (χ3n) is 3.13. The number of aromatic nitrogens is 2. The fraction of sp³-hybridized carbons (Fsp3) is 0.286. The number of methoxy groups -OCH3 is 2. The summed E-state index contributed by atoms with van der Waals surface area (Å²) in [6.45, 7) is 0.752. The van der Waals surface area contributed by atoms with E-state index in [0.29, 0.717) is 11.8 Å². The standard InChI is InChI=1S/C14H14ClN3O2S/c1-19-13-14(20-2)18-10(6-17-13)12-7-16-9-5-8(15)3-4-11(9)21-12/h3-6,12,16H,7H2,1-2H3. The molecule has 0 bridgehead atoms. The van der Waals surface area contributed by atoms with Gasteiger partial charge in [0.15, 0.2) is 0 Å². The highest BCUT2D eigenvalue weighted by Gasteiger charge is 2.23. The summed E-state index contributed by atoms with van der Waals surface area (Å²) in [6, 6.07) is 5.83. The minimum absolute atomic E-state index is 0.158. The highest BCUT2D eigenvalue weighted by molar-refractivity contribution is 7.99. The molecule has 1 N–H and O–H groups in total. The Morgan fingerprint density at radius 2 is 2.10 bits per heavy atom. The number of nitrogens with one attached hydrogen (secondary N) is 1. The van der Waals surface area contributed by atoms with Gasteiger partial charge in [0.25, 0.3) is 11.8 Å². The lowest BCUT2D eigenvalue weighted by molar-refractivity contribution is 0.330. The van der Waals surface area contributed by atoms with Crippen molar-refractivity contribution in [2.75, 3.05) is 26.1 Å². The molecule has 2 aromatic rings. The monoisotopic (exact) mass is 323 g/mol. The molecule has 1 aliphatic heterocycles. The summed E-state index contributed by atoms with van der Waals surface area (Å²) in [5.41, 5.74) is 1.91. The van der Waals surface area contributed by atoms with Gasteiger partial charge in [-0.1, -0.05) is 11.6 Å². The van der Waals surface area contributed by atoms with Crippen molar-refractivity contribution in [3.63, 3.8) is 0 Å². The second kappa shape index (κ2) is 5.99. The molecule has 0 saturated carbocycles. The number of hydrogen-bond donors (Lipinski definition) is 1. The van der Waals surface area contributed by atoms with Gasteiger partial charge in [0, 0.05) is 22.2 Å². The van der Waals surface area contributed by atoms with E-state index in [9.17, 15) is 0 Å². The molecule has 7 heteroatoms. The average molecular weight is 324 g/mol. The SMILES string of the molecule is COc1ncc(C2CNc3cc(Cl)ccc3S2)nc1OC. The van der Waals surface area contributed by atoms with Crippen molar-refractivity contribution in [1.29, 1.82) is 0 Å². The van der Waals surface area contributed by atoms with Crippen LogP contribution in [0.15, 0.2) is 29.3 Å². The van der Waals surface area contributed by atoms with Crippen LogP contribution in [-0.4, -0.2) is 30.7 Å². The van der Waals surface area contributed by atoms with Crippen molar-refractivity contribution in [1.82, 2.24) is 9.97 Å². The first-order valence-electron chi connectivity index (χ1n) is 6.36. The fourth-order valence-corrected chi connectivity index (χ4v) is 3.39. The third kappa shape index (κ3) is 2.87. The quantitative estimate of drug-likeness (QED) is 0.934. The molecular formula is C14H14ClN3O2S. The van der Waals surface area contributed by atoms with Crippen LogP contribution >= 0.6 is 23.4 Å². The Morgan fingerprint density at radius 1 is 1.29 bits per heavy atom. The van der Waals surface area contributed by atoms with Crippen LogP contribution in [0.1, 0.15) is 10.9 Å². The van der Waals surface area contributed by atoms with E-state index < -0.39 is 0 Å². The molecule has 1 aliphatic rings. The largest absolute Gasteiger partial charge is 0.477 e. The number of fused-ring (bicyclic) bond motifs is 1. The van der Waals surface area contributed by atoms with E-state index in [1.54, 1.807) is 32.2 Å². The van der Waals surface area contributed by atoms with Gasteiger partial charge < -0.3 is 14.8 Å². The van der Waals surface area contributed by atoms with Crippen molar-refractivity contribution < 1.29 is 9.47 Å². The summed E-state index contributed by atoms with van der Waals surface area (Å²) < 4.78 is 10.3. The molecule has 1 unspecified atom stereocenters. The highest BCUT2D eigenvalue weighted by atomic mass is 35.5. The van der Waals surface area contributed by atoms with Crippen LogP contribution in [0.5, 0.6) is 11.8 Å². The Bertz CT molecular complexity index is 669. The van der Waals surface area contributed by atoms with E-state index >= 15 is 0 Å². The zero-order valence-corrected chi connectivity index (χ0v) is 13.2. The minimum Gasteiger partial charge on any atom is -0.477 e. The average Bonchev–Trinajstić information content (AvgIpc) is 2.53. The van der Waals surface area contributed by atoms with Crippen molar-refractivity contribution in [3.8, 4) is 11.8 Å². The summed E-state index contributed by atoms with van der Waals surface area (Å²) in [5.74, 6) is 0.791. The zero-order valence-electron chi connectivity index (χ0n) is 11.6. The van der Waals surface area contributed by atoms with Gasteiger partial charge in [-0.2, -0.15) is 0 Å². The maximum absolute atomic E-state index is 6.00. The van der Waals surface area contributed by atoms with Gasteiger partial charge in [0.05, 0.1) is 31.4 Å². The number of hydrogen-bond acceptors (Lipinski definition) is 6. The number of halogens is 1. The van der Waals surface area contributed by atoms with Crippen LogP contribution in [0.4, 0.5) is 5.69 Å². The van der Waals surface area contributed by atoms with Gasteiger partial charge in [0.1, 0.15) is 0 Å². The normalized spacial score (nSPS) is 16.8. The van der Waals surface area contributed by atoms with Crippen LogP contribution in [0.3, 0.4) is 0 Å². The maximum atomic E-state index is 6.00. The highest BCUT2D eigenvalue weighted by Crippen LogP contribution is 2.43. The van der Waals surface area contributed by atoms with E-state index in [0.717, 1.165) is 27.8 Å². The molecule has 110 valence electrons. The van der Waals surface area contributed by atoms with Crippen molar-refractivity contribution in [2.24, 2.45) is 0 Å². The summed E-state index contributed by atoms with van der Waals surface area (Å²) >= 11 is 7.73. The Morgan fingerprint density at radius 3 is 2.86 bits per heavy atom. The van der Waals surface area contributed by atoms with Crippen molar-refractivity contribution >= 4 is 29.1 Å². The second-order valence-corrected chi connectivity index (χ2v) is 6.12. The van der Waals surface area contributed by atoms with E-state index in [-0.39, 0.29) is 5.25 Å². The topological polar surface area (TPSA) is 56.3 Å². The van der Waals surface area contributed by atoms with E-state index in [2.05, 4.69) is 15.3 Å². The van der Waals surface area contributed by atoms with Gasteiger partial charge in [-0.15, -0.1) is 11.8 Å². The van der Waals surface area contributed by atoms with Crippen LogP contribution in [0, 0.1) is 0 Å². The molecule has 0 spiro atoms. The lowest BCUT2D eigenvalue weighted by Gasteiger charge is -2.25. The Balaban J connectivity index is 1.87. The second-order valence-electron chi connectivity index (χ2n) is 4.44. The molecule has 0 saturated heterocycles. The zero-order chi connectivity index (χ0) is 14.8. The molecule has 3 rings (SSSR count). The number of anilines is 1.